The summed E-state index contributed by atoms with van der Waals surface area (Å²) in [6, 6.07) is 12.5. The number of carbonyl (C=O) groups excluding carboxylic acids is 1. The van der Waals surface area contributed by atoms with E-state index in [1.165, 1.54) is 25.7 Å². The lowest BCUT2D eigenvalue weighted by molar-refractivity contribution is -0.137. The van der Waals surface area contributed by atoms with Crippen molar-refractivity contribution < 1.29 is 9.53 Å². The van der Waals surface area contributed by atoms with Crippen LogP contribution in [0.15, 0.2) is 30.3 Å². The molecule has 0 spiro atoms. The number of hydrogen-bond donors (Lipinski definition) is 0. The van der Waals surface area contributed by atoms with E-state index in [-0.39, 0.29) is 17.8 Å². The first-order valence-electron chi connectivity index (χ1n) is 9.24. The Morgan fingerprint density at radius 2 is 2.00 bits per heavy atom. The molecule has 0 N–H and O–H groups in total. The molecule has 2 saturated carbocycles. The molecule has 24 heavy (non-hydrogen) atoms. The van der Waals surface area contributed by atoms with Crippen molar-refractivity contribution >= 4 is 5.78 Å². The topological polar surface area (TPSA) is 50.1 Å². The Bertz CT molecular complexity index is 592. The van der Waals surface area contributed by atoms with E-state index in [4.69, 9.17) is 4.74 Å². The molecule has 2 aliphatic rings. The van der Waals surface area contributed by atoms with Crippen molar-refractivity contribution in [3.8, 4) is 6.07 Å². The molecule has 3 rings (SSSR count). The van der Waals surface area contributed by atoms with Gasteiger partial charge in [0, 0.05) is 12.3 Å². The number of ketones is 1. The SMILES string of the molecule is CC(C#N)C1C(=O)C[C@@H]2CCCC[C@H]2[C@@H]1COCc1ccccc1. The summed E-state index contributed by atoms with van der Waals surface area (Å²) in [7, 11) is 0. The number of carbonyl (C=O) groups is 1. The molecule has 3 heteroatoms. The molecule has 0 aromatic heterocycles. The molecule has 2 fully saturated rings. The number of Topliss-reactive ketones (excluding diaryl/α,β-unsaturated/α-hetero) is 1. The predicted octanol–water partition coefficient (Wildman–Crippen LogP) is 4.37. The Kier molecular flexibility index (Phi) is 5.68. The first-order valence-corrected chi connectivity index (χ1v) is 9.24. The van der Waals surface area contributed by atoms with Gasteiger partial charge in [0.1, 0.15) is 5.78 Å². The molecule has 128 valence electrons. The first-order chi connectivity index (χ1) is 11.7. The molecule has 1 aromatic carbocycles. The van der Waals surface area contributed by atoms with Crippen LogP contribution in [-0.4, -0.2) is 12.4 Å². The Morgan fingerprint density at radius 1 is 1.25 bits per heavy atom. The van der Waals surface area contributed by atoms with Crippen LogP contribution < -0.4 is 0 Å². The number of ether oxygens (including phenoxy) is 1. The van der Waals surface area contributed by atoms with E-state index in [2.05, 4.69) is 18.2 Å². The number of fused-ring (bicyclic) bond motifs is 1. The van der Waals surface area contributed by atoms with E-state index in [0.29, 0.717) is 37.3 Å². The Morgan fingerprint density at radius 3 is 2.75 bits per heavy atom. The van der Waals surface area contributed by atoms with Gasteiger partial charge in [0.05, 0.1) is 25.2 Å². The van der Waals surface area contributed by atoms with Crippen LogP contribution in [0.25, 0.3) is 0 Å². The van der Waals surface area contributed by atoms with Crippen LogP contribution in [0.4, 0.5) is 0 Å². The van der Waals surface area contributed by atoms with Crippen LogP contribution in [0.5, 0.6) is 0 Å². The monoisotopic (exact) mass is 325 g/mol. The molecule has 2 unspecified atom stereocenters. The van der Waals surface area contributed by atoms with E-state index >= 15 is 0 Å². The van der Waals surface area contributed by atoms with Gasteiger partial charge in [0.2, 0.25) is 0 Å². The molecule has 2 aliphatic carbocycles. The Hall–Kier alpha value is -1.66. The van der Waals surface area contributed by atoms with Gasteiger partial charge in [-0.25, -0.2) is 0 Å². The van der Waals surface area contributed by atoms with Crippen LogP contribution >= 0.6 is 0 Å². The second kappa shape index (κ2) is 7.94. The van der Waals surface area contributed by atoms with Gasteiger partial charge >= 0.3 is 0 Å². The van der Waals surface area contributed by atoms with Crippen LogP contribution in [0.3, 0.4) is 0 Å². The summed E-state index contributed by atoms with van der Waals surface area (Å²) in [6.07, 6.45) is 5.52. The minimum atomic E-state index is -0.217. The molecule has 1 aromatic rings. The Labute approximate surface area is 145 Å². The number of nitrogens with zero attached hydrogens (tertiary/aromatic N) is 1. The Balaban J connectivity index is 1.71. The quantitative estimate of drug-likeness (QED) is 0.807. The van der Waals surface area contributed by atoms with E-state index in [1.807, 2.05) is 25.1 Å². The molecule has 0 aliphatic heterocycles. The number of hydrogen-bond acceptors (Lipinski definition) is 3. The van der Waals surface area contributed by atoms with Crippen molar-refractivity contribution in [2.45, 2.75) is 45.6 Å². The highest BCUT2D eigenvalue weighted by atomic mass is 16.5. The maximum atomic E-state index is 12.7. The van der Waals surface area contributed by atoms with Gasteiger partial charge < -0.3 is 4.74 Å². The summed E-state index contributed by atoms with van der Waals surface area (Å²) in [5, 5.41) is 9.38. The third kappa shape index (κ3) is 3.70. The summed E-state index contributed by atoms with van der Waals surface area (Å²) in [6.45, 7) is 3.07. The number of benzene rings is 1. The average Bonchev–Trinajstić information content (AvgIpc) is 2.62. The standard InChI is InChI=1S/C21H27NO2/c1-15(12-22)21-19(14-24-13-16-7-3-2-4-8-16)18-10-6-5-9-17(18)11-20(21)23/h2-4,7-8,15,17-19,21H,5-6,9-11,13-14H2,1H3/t15?,17-,18+,19-,21?/m0/s1. The van der Waals surface area contributed by atoms with Crippen molar-refractivity contribution in [3.63, 3.8) is 0 Å². The van der Waals surface area contributed by atoms with E-state index in [1.54, 1.807) is 0 Å². The fourth-order valence-electron chi connectivity index (χ4n) is 4.80. The van der Waals surface area contributed by atoms with Crippen LogP contribution in [0, 0.1) is 40.9 Å². The molecule has 3 nitrogen and oxygen atoms in total. The van der Waals surface area contributed by atoms with Crippen molar-refractivity contribution in [2.24, 2.45) is 29.6 Å². The third-order valence-corrected chi connectivity index (χ3v) is 5.98. The molecule has 0 heterocycles. The zero-order valence-corrected chi connectivity index (χ0v) is 14.5. The fourth-order valence-corrected chi connectivity index (χ4v) is 4.80. The van der Waals surface area contributed by atoms with Gasteiger partial charge in [0.15, 0.2) is 0 Å². The maximum absolute atomic E-state index is 12.7. The van der Waals surface area contributed by atoms with Crippen LogP contribution in [0.1, 0.15) is 44.6 Å². The van der Waals surface area contributed by atoms with Crippen LogP contribution in [0.2, 0.25) is 0 Å². The minimum absolute atomic E-state index is 0.148. The van der Waals surface area contributed by atoms with E-state index in [0.717, 1.165) is 5.56 Å². The molecule has 0 amide bonds. The summed E-state index contributed by atoms with van der Waals surface area (Å²) >= 11 is 0. The van der Waals surface area contributed by atoms with Crippen LogP contribution in [-0.2, 0) is 16.1 Å². The van der Waals surface area contributed by atoms with Gasteiger partial charge in [-0.3, -0.25) is 4.79 Å². The van der Waals surface area contributed by atoms with Crippen molar-refractivity contribution in [2.75, 3.05) is 6.61 Å². The largest absolute Gasteiger partial charge is 0.376 e. The minimum Gasteiger partial charge on any atom is -0.376 e. The predicted molar refractivity (Wildman–Crippen MR) is 92.9 cm³/mol. The van der Waals surface area contributed by atoms with Crippen molar-refractivity contribution in [1.29, 1.82) is 5.26 Å². The lowest BCUT2D eigenvalue weighted by Gasteiger charge is -2.45. The molecule has 0 bridgehead atoms. The number of rotatable bonds is 5. The van der Waals surface area contributed by atoms with Crippen molar-refractivity contribution in [3.05, 3.63) is 35.9 Å². The summed E-state index contributed by atoms with van der Waals surface area (Å²) in [5.41, 5.74) is 1.16. The molecular formula is C21H27NO2. The zero-order chi connectivity index (χ0) is 16.9. The second-order valence-electron chi connectivity index (χ2n) is 7.49. The van der Waals surface area contributed by atoms with Gasteiger partial charge in [-0.15, -0.1) is 0 Å². The molecule has 5 atom stereocenters. The lowest BCUT2D eigenvalue weighted by atomic mass is 9.59. The highest BCUT2D eigenvalue weighted by Gasteiger charge is 2.46. The van der Waals surface area contributed by atoms with E-state index < -0.39 is 0 Å². The maximum Gasteiger partial charge on any atom is 0.137 e. The summed E-state index contributed by atoms with van der Waals surface area (Å²) in [5.74, 6) is 1.19. The molecule has 0 radical (unpaired) electrons. The second-order valence-corrected chi connectivity index (χ2v) is 7.49. The van der Waals surface area contributed by atoms with Gasteiger partial charge in [-0.05, 0) is 43.1 Å². The fraction of sp³-hybridized carbons (Fsp3) is 0.619. The number of nitriles is 1. The van der Waals surface area contributed by atoms with E-state index in [9.17, 15) is 10.1 Å². The van der Waals surface area contributed by atoms with Gasteiger partial charge in [-0.2, -0.15) is 5.26 Å². The highest BCUT2D eigenvalue weighted by Crippen LogP contribution is 2.47. The third-order valence-electron chi connectivity index (χ3n) is 5.98. The summed E-state index contributed by atoms with van der Waals surface area (Å²) < 4.78 is 6.02. The van der Waals surface area contributed by atoms with Gasteiger partial charge in [0.25, 0.3) is 0 Å². The molecular weight excluding hydrogens is 298 g/mol. The first kappa shape index (κ1) is 17.2. The zero-order valence-electron chi connectivity index (χ0n) is 14.5. The smallest absolute Gasteiger partial charge is 0.137 e. The molecule has 0 saturated heterocycles. The lowest BCUT2D eigenvalue weighted by Crippen LogP contribution is -2.46. The summed E-state index contributed by atoms with van der Waals surface area (Å²) in [4.78, 5) is 12.7. The highest BCUT2D eigenvalue weighted by molar-refractivity contribution is 5.83. The average molecular weight is 325 g/mol. The van der Waals surface area contributed by atoms with Crippen molar-refractivity contribution in [1.82, 2.24) is 0 Å². The van der Waals surface area contributed by atoms with Gasteiger partial charge in [-0.1, -0.05) is 43.2 Å². The normalized spacial score (nSPS) is 31.1.